The van der Waals surface area contributed by atoms with Crippen LogP contribution in [0.5, 0.6) is 0 Å². The highest BCUT2D eigenvalue weighted by Gasteiger charge is 2.06. The van der Waals surface area contributed by atoms with Crippen molar-refractivity contribution >= 4 is 11.6 Å². The second kappa shape index (κ2) is 7.55. The number of benzene rings is 1. The molecule has 0 aliphatic rings. The Bertz CT molecular complexity index is 577. The van der Waals surface area contributed by atoms with Crippen molar-refractivity contribution in [1.82, 2.24) is 4.98 Å². The lowest BCUT2D eigenvalue weighted by Crippen LogP contribution is -2.12. The van der Waals surface area contributed by atoms with Crippen LogP contribution >= 0.6 is 0 Å². The minimum absolute atomic E-state index is 0.157. The van der Waals surface area contributed by atoms with Gasteiger partial charge in [0.05, 0.1) is 5.56 Å². The second-order valence-electron chi connectivity index (χ2n) is 5.02. The van der Waals surface area contributed by atoms with Gasteiger partial charge in [0.15, 0.2) is 0 Å². The summed E-state index contributed by atoms with van der Waals surface area (Å²) in [6.07, 6.45) is 4.31. The Balaban J connectivity index is 1.93. The summed E-state index contributed by atoms with van der Waals surface area (Å²) in [6, 6.07) is 11.4. The van der Waals surface area contributed by atoms with Gasteiger partial charge in [0.25, 0.3) is 5.91 Å². The van der Waals surface area contributed by atoms with Crippen molar-refractivity contribution in [3.05, 3.63) is 59.4 Å². The van der Waals surface area contributed by atoms with E-state index >= 15 is 0 Å². The molecule has 0 aliphatic heterocycles. The third-order valence-corrected chi connectivity index (χ3v) is 3.26. The van der Waals surface area contributed by atoms with Gasteiger partial charge in [0.1, 0.15) is 0 Å². The van der Waals surface area contributed by atoms with Crippen molar-refractivity contribution in [3.8, 4) is 0 Å². The summed E-state index contributed by atoms with van der Waals surface area (Å²) in [6.45, 7) is 2.12. The smallest absolute Gasteiger partial charge is 0.257 e. The Morgan fingerprint density at radius 1 is 1.14 bits per heavy atom. The molecule has 0 atom stereocenters. The number of nitrogens with one attached hydrogen (secondary N) is 1. The normalized spacial score (nSPS) is 10.4. The van der Waals surface area contributed by atoms with Crippen LogP contribution in [0.25, 0.3) is 0 Å². The van der Waals surface area contributed by atoms with Crippen LogP contribution in [-0.2, 0) is 6.42 Å². The SMILES string of the molecule is Cc1ccc(C(=O)Nc2ccc(CCCCO)cc2)cn1. The van der Waals surface area contributed by atoms with Crippen molar-refractivity contribution in [1.29, 1.82) is 0 Å². The number of aryl methyl sites for hydroxylation is 2. The Morgan fingerprint density at radius 3 is 2.52 bits per heavy atom. The first kappa shape index (κ1) is 15.2. The molecular formula is C17H20N2O2. The maximum absolute atomic E-state index is 12.0. The summed E-state index contributed by atoms with van der Waals surface area (Å²) in [5.74, 6) is -0.157. The Hall–Kier alpha value is -2.20. The van der Waals surface area contributed by atoms with Gasteiger partial charge in [-0.2, -0.15) is 0 Å². The van der Waals surface area contributed by atoms with Gasteiger partial charge in [-0.3, -0.25) is 9.78 Å². The fourth-order valence-corrected chi connectivity index (χ4v) is 2.00. The fraction of sp³-hybridized carbons (Fsp3) is 0.294. The number of aliphatic hydroxyl groups excluding tert-OH is 1. The molecule has 0 radical (unpaired) electrons. The van der Waals surface area contributed by atoms with E-state index in [0.717, 1.165) is 30.6 Å². The van der Waals surface area contributed by atoms with Crippen LogP contribution in [0.4, 0.5) is 5.69 Å². The molecule has 2 aromatic rings. The lowest BCUT2D eigenvalue weighted by molar-refractivity contribution is 0.102. The zero-order valence-electron chi connectivity index (χ0n) is 12.2. The molecule has 0 unspecified atom stereocenters. The van der Waals surface area contributed by atoms with Gasteiger partial charge in [0, 0.05) is 24.2 Å². The quantitative estimate of drug-likeness (QED) is 0.802. The maximum atomic E-state index is 12.0. The molecule has 2 rings (SSSR count). The average molecular weight is 284 g/mol. The average Bonchev–Trinajstić information content (AvgIpc) is 2.50. The number of aliphatic hydroxyl groups is 1. The standard InChI is InChI=1S/C17H20N2O2/c1-13-5-8-15(12-18-13)17(21)19-16-9-6-14(7-10-16)4-2-3-11-20/h5-10,12,20H,2-4,11H2,1H3,(H,19,21). The first-order chi connectivity index (χ1) is 10.2. The van der Waals surface area contributed by atoms with Gasteiger partial charge < -0.3 is 10.4 Å². The fourth-order valence-electron chi connectivity index (χ4n) is 2.00. The molecule has 0 aliphatic carbocycles. The van der Waals surface area contributed by atoms with Crippen molar-refractivity contribution in [2.75, 3.05) is 11.9 Å². The predicted octanol–water partition coefficient (Wildman–Crippen LogP) is 2.96. The van der Waals surface area contributed by atoms with E-state index in [1.165, 1.54) is 5.56 Å². The first-order valence-electron chi connectivity index (χ1n) is 7.13. The highest BCUT2D eigenvalue weighted by atomic mass is 16.2. The molecule has 1 heterocycles. The Labute approximate surface area is 124 Å². The van der Waals surface area contributed by atoms with E-state index in [1.807, 2.05) is 37.3 Å². The highest BCUT2D eigenvalue weighted by molar-refractivity contribution is 6.04. The summed E-state index contributed by atoms with van der Waals surface area (Å²) in [4.78, 5) is 16.2. The van der Waals surface area contributed by atoms with Crippen molar-refractivity contribution in [2.24, 2.45) is 0 Å². The summed E-state index contributed by atoms with van der Waals surface area (Å²) >= 11 is 0. The molecule has 4 heteroatoms. The lowest BCUT2D eigenvalue weighted by Gasteiger charge is -2.07. The molecule has 0 spiro atoms. The van der Waals surface area contributed by atoms with E-state index in [1.54, 1.807) is 12.3 Å². The highest BCUT2D eigenvalue weighted by Crippen LogP contribution is 2.13. The van der Waals surface area contributed by atoms with E-state index in [0.29, 0.717) is 5.56 Å². The number of hydrogen-bond acceptors (Lipinski definition) is 3. The van der Waals surface area contributed by atoms with Crippen LogP contribution < -0.4 is 5.32 Å². The van der Waals surface area contributed by atoms with E-state index in [9.17, 15) is 4.79 Å². The number of anilines is 1. The van der Waals surface area contributed by atoms with Crippen molar-refractivity contribution in [3.63, 3.8) is 0 Å². The minimum Gasteiger partial charge on any atom is -0.396 e. The monoisotopic (exact) mass is 284 g/mol. The maximum Gasteiger partial charge on any atom is 0.257 e. The predicted molar refractivity (Wildman–Crippen MR) is 83.4 cm³/mol. The van der Waals surface area contributed by atoms with Crippen LogP contribution in [0, 0.1) is 6.92 Å². The number of rotatable bonds is 6. The van der Waals surface area contributed by atoms with Crippen LogP contribution in [0.3, 0.4) is 0 Å². The molecule has 1 aromatic heterocycles. The second-order valence-corrected chi connectivity index (χ2v) is 5.02. The zero-order valence-corrected chi connectivity index (χ0v) is 12.2. The van der Waals surface area contributed by atoms with E-state index in [2.05, 4.69) is 10.3 Å². The van der Waals surface area contributed by atoms with Gasteiger partial charge in [-0.25, -0.2) is 0 Å². The van der Waals surface area contributed by atoms with Gasteiger partial charge >= 0.3 is 0 Å². The summed E-state index contributed by atoms with van der Waals surface area (Å²) in [5.41, 5.74) is 3.41. The number of aromatic nitrogens is 1. The molecule has 2 N–H and O–H groups in total. The number of nitrogens with zero attached hydrogens (tertiary/aromatic N) is 1. The topological polar surface area (TPSA) is 62.2 Å². The molecule has 0 bridgehead atoms. The number of pyridine rings is 1. The number of carbonyl (C=O) groups is 1. The Morgan fingerprint density at radius 2 is 1.90 bits per heavy atom. The molecule has 0 saturated heterocycles. The number of hydrogen-bond donors (Lipinski definition) is 2. The molecule has 4 nitrogen and oxygen atoms in total. The number of amides is 1. The number of unbranched alkanes of at least 4 members (excludes halogenated alkanes) is 1. The largest absolute Gasteiger partial charge is 0.396 e. The summed E-state index contributed by atoms with van der Waals surface area (Å²) in [7, 11) is 0. The molecule has 110 valence electrons. The molecule has 0 fully saturated rings. The van der Waals surface area contributed by atoms with E-state index in [-0.39, 0.29) is 12.5 Å². The molecule has 21 heavy (non-hydrogen) atoms. The molecule has 1 aromatic carbocycles. The van der Waals surface area contributed by atoms with E-state index in [4.69, 9.17) is 5.11 Å². The summed E-state index contributed by atoms with van der Waals surface area (Å²) in [5, 5.41) is 11.6. The third-order valence-electron chi connectivity index (χ3n) is 3.26. The van der Waals surface area contributed by atoms with Crippen LogP contribution in [0.15, 0.2) is 42.6 Å². The molecule has 1 amide bonds. The third kappa shape index (κ3) is 4.68. The summed E-state index contributed by atoms with van der Waals surface area (Å²) < 4.78 is 0. The van der Waals surface area contributed by atoms with Crippen LogP contribution in [0.1, 0.15) is 34.5 Å². The minimum atomic E-state index is -0.157. The Kier molecular flexibility index (Phi) is 5.46. The van der Waals surface area contributed by atoms with Gasteiger partial charge in [-0.05, 0) is 56.0 Å². The van der Waals surface area contributed by atoms with Gasteiger partial charge in [-0.1, -0.05) is 12.1 Å². The van der Waals surface area contributed by atoms with Crippen molar-refractivity contribution in [2.45, 2.75) is 26.2 Å². The lowest BCUT2D eigenvalue weighted by atomic mass is 10.1. The zero-order chi connectivity index (χ0) is 15.1. The molecule has 0 saturated carbocycles. The molecular weight excluding hydrogens is 264 g/mol. The van der Waals surface area contributed by atoms with Crippen LogP contribution in [0.2, 0.25) is 0 Å². The van der Waals surface area contributed by atoms with E-state index < -0.39 is 0 Å². The number of carbonyl (C=O) groups excluding carboxylic acids is 1. The van der Waals surface area contributed by atoms with Gasteiger partial charge in [0.2, 0.25) is 0 Å². The van der Waals surface area contributed by atoms with Crippen molar-refractivity contribution < 1.29 is 9.90 Å². The first-order valence-corrected chi connectivity index (χ1v) is 7.13. The van der Waals surface area contributed by atoms with Gasteiger partial charge in [-0.15, -0.1) is 0 Å². The van der Waals surface area contributed by atoms with Crippen LogP contribution in [-0.4, -0.2) is 22.6 Å².